The minimum Gasteiger partial charge on any atom is -0.272 e. The number of carbonyl (C=O) groups is 1. The van der Waals surface area contributed by atoms with E-state index in [2.05, 4.69) is 5.10 Å². The molecule has 0 fully saturated rings. The molecule has 1 aliphatic rings. The minimum atomic E-state index is -0.686. The van der Waals surface area contributed by atoms with Gasteiger partial charge in [-0.15, -0.1) is 11.6 Å². The molecule has 0 bridgehead atoms. The number of nitrogens with zero attached hydrogens (tertiary/aromatic N) is 2. The van der Waals surface area contributed by atoms with Crippen molar-refractivity contribution < 1.29 is 9.18 Å². The SMILES string of the molecule is CC(C)(CCl)C(=O)N1N=CCC1c1cccc(F)c1. The van der Waals surface area contributed by atoms with Crippen molar-refractivity contribution in [2.75, 3.05) is 5.88 Å². The van der Waals surface area contributed by atoms with Gasteiger partial charge in [-0.05, 0) is 31.5 Å². The minimum absolute atomic E-state index is 0.148. The highest BCUT2D eigenvalue weighted by molar-refractivity contribution is 6.19. The van der Waals surface area contributed by atoms with Gasteiger partial charge in [-0.1, -0.05) is 12.1 Å². The first kappa shape index (κ1) is 14.0. The Balaban J connectivity index is 2.26. The number of alkyl halides is 1. The van der Waals surface area contributed by atoms with Gasteiger partial charge in [-0.3, -0.25) is 4.79 Å². The highest BCUT2D eigenvalue weighted by Gasteiger charge is 2.37. The van der Waals surface area contributed by atoms with E-state index in [9.17, 15) is 9.18 Å². The normalized spacial score (nSPS) is 18.9. The molecule has 1 atom stereocenters. The summed E-state index contributed by atoms with van der Waals surface area (Å²) in [6.07, 6.45) is 2.27. The maximum absolute atomic E-state index is 13.3. The summed E-state index contributed by atoms with van der Waals surface area (Å²) in [4.78, 5) is 12.4. The van der Waals surface area contributed by atoms with Gasteiger partial charge in [0.15, 0.2) is 0 Å². The highest BCUT2D eigenvalue weighted by atomic mass is 35.5. The second kappa shape index (κ2) is 5.29. The standard InChI is InChI=1S/C14H16ClFN2O/c1-14(2,9-15)13(19)18-12(6-7-17-18)10-4-3-5-11(16)8-10/h3-5,7-8,12H,6,9H2,1-2H3. The van der Waals surface area contributed by atoms with Crippen molar-refractivity contribution in [2.45, 2.75) is 26.3 Å². The Kier molecular flexibility index (Phi) is 3.90. The van der Waals surface area contributed by atoms with Crippen LogP contribution in [0.5, 0.6) is 0 Å². The summed E-state index contributed by atoms with van der Waals surface area (Å²) >= 11 is 5.83. The molecule has 0 radical (unpaired) electrons. The maximum atomic E-state index is 13.3. The molecular formula is C14H16ClFN2O. The number of hydrazone groups is 1. The van der Waals surface area contributed by atoms with E-state index in [0.29, 0.717) is 6.42 Å². The average molecular weight is 283 g/mol. The van der Waals surface area contributed by atoms with Crippen molar-refractivity contribution >= 4 is 23.7 Å². The summed E-state index contributed by atoms with van der Waals surface area (Å²) in [7, 11) is 0. The molecule has 0 N–H and O–H groups in total. The molecule has 0 aliphatic carbocycles. The molecule has 0 saturated carbocycles. The molecule has 102 valence electrons. The van der Waals surface area contributed by atoms with E-state index in [0.717, 1.165) is 5.56 Å². The number of hydrogen-bond donors (Lipinski definition) is 0. The maximum Gasteiger partial charge on any atom is 0.250 e. The summed E-state index contributed by atoms with van der Waals surface area (Å²) in [6, 6.07) is 6.02. The number of carbonyl (C=O) groups excluding carboxylic acids is 1. The van der Waals surface area contributed by atoms with Gasteiger partial charge < -0.3 is 0 Å². The van der Waals surface area contributed by atoms with Crippen LogP contribution in [0.2, 0.25) is 0 Å². The summed E-state index contributed by atoms with van der Waals surface area (Å²) in [5.41, 5.74) is 0.0608. The number of amides is 1. The second-order valence-corrected chi connectivity index (χ2v) is 5.54. The van der Waals surface area contributed by atoms with Gasteiger partial charge in [-0.2, -0.15) is 5.10 Å². The zero-order chi connectivity index (χ0) is 14.0. The number of hydrogen-bond acceptors (Lipinski definition) is 2. The lowest BCUT2D eigenvalue weighted by Gasteiger charge is -2.29. The second-order valence-electron chi connectivity index (χ2n) is 5.27. The van der Waals surface area contributed by atoms with Crippen molar-refractivity contribution in [1.29, 1.82) is 0 Å². The molecule has 0 aromatic heterocycles. The van der Waals surface area contributed by atoms with Crippen LogP contribution in [0.25, 0.3) is 0 Å². The van der Waals surface area contributed by atoms with Crippen LogP contribution in [-0.4, -0.2) is 23.0 Å². The molecule has 1 aromatic carbocycles. The van der Waals surface area contributed by atoms with E-state index in [-0.39, 0.29) is 23.6 Å². The Morgan fingerprint density at radius 2 is 2.32 bits per heavy atom. The number of rotatable bonds is 3. The van der Waals surface area contributed by atoms with Crippen LogP contribution < -0.4 is 0 Å². The molecular weight excluding hydrogens is 267 g/mol. The molecule has 0 spiro atoms. The first-order valence-electron chi connectivity index (χ1n) is 6.13. The first-order valence-corrected chi connectivity index (χ1v) is 6.66. The van der Waals surface area contributed by atoms with Crippen LogP contribution in [0.1, 0.15) is 31.9 Å². The van der Waals surface area contributed by atoms with Gasteiger partial charge in [-0.25, -0.2) is 9.40 Å². The summed E-state index contributed by atoms with van der Waals surface area (Å²) in [6.45, 7) is 3.55. The van der Waals surface area contributed by atoms with Crippen molar-refractivity contribution in [2.24, 2.45) is 10.5 Å². The first-order chi connectivity index (χ1) is 8.95. The van der Waals surface area contributed by atoms with Gasteiger partial charge in [0.1, 0.15) is 5.82 Å². The Morgan fingerprint density at radius 3 is 2.95 bits per heavy atom. The lowest BCUT2D eigenvalue weighted by molar-refractivity contribution is -0.141. The third-order valence-electron chi connectivity index (χ3n) is 3.18. The third kappa shape index (κ3) is 2.78. The quantitative estimate of drug-likeness (QED) is 0.783. The topological polar surface area (TPSA) is 32.7 Å². The van der Waals surface area contributed by atoms with Crippen molar-refractivity contribution in [3.8, 4) is 0 Å². The van der Waals surface area contributed by atoms with E-state index >= 15 is 0 Å². The van der Waals surface area contributed by atoms with E-state index in [1.165, 1.54) is 17.1 Å². The molecule has 19 heavy (non-hydrogen) atoms. The lowest BCUT2D eigenvalue weighted by Crippen LogP contribution is -2.39. The predicted octanol–water partition coefficient (Wildman–Crippen LogP) is 3.35. The zero-order valence-corrected chi connectivity index (χ0v) is 11.7. The van der Waals surface area contributed by atoms with E-state index in [1.807, 2.05) is 0 Å². The van der Waals surface area contributed by atoms with Gasteiger partial charge in [0, 0.05) is 18.5 Å². The molecule has 1 heterocycles. The highest BCUT2D eigenvalue weighted by Crippen LogP contribution is 2.33. The molecule has 1 unspecified atom stereocenters. The Morgan fingerprint density at radius 1 is 1.58 bits per heavy atom. The molecule has 2 rings (SSSR count). The van der Waals surface area contributed by atoms with E-state index < -0.39 is 5.41 Å². The fraction of sp³-hybridized carbons (Fsp3) is 0.429. The van der Waals surface area contributed by atoms with Gasteiger partial charge in [0.25, 0.3) is 0 Å². The molecule has 3 nitrogen and oxygen atoms in total. The zero-order valence-electron chi connectivity index (χ0n) is 10.9. The summed E-state index contributed by atoms with van der Waals surface area (Å²) < 4.78 is 13.3. The monoisotopic (exact) mass is 282 g/mol. The molecule has 5 heteroatoms. The van der Waals surface area contributed by atoms with Crippen molar-refractivity contribution in [3.05, 3.63) is 35.6 Å². The van der Waals surface area contributed by atoms with Crippen LogP contribution >= 0.6 is 11.6 Å². The van der Waals surface area contributed by atoms with Gasteiger partial charge in [0.05, 0.1) is 11.5 Å². The largest absolute Gasteiger partial charge is 0.272 e. The fourth-order valence-electron chi connectivity index (χ4n) is 1.97. The van der Waals surface area contributed by atoms with Crippen LogP contribution in [0.4, 0.5) is 4.39 Å². The Bertz CT molecular complexity index is 516. The predicted molar refractivity (Wildman–Crippen MR) is 73.6 cm³/mol. The fourth-order valence-corrected chi connectivity index (χ4v) is 2.08. The molecule has 1 aromatic rings. The van der Waals surface area contributed by atoms with Gasteiger partial charge in [0.2, 0.25) is 5.91 Å². The van der Waals surface area contributed by atoms with E-state index in [1.54, 1.807) is 32.2 Å². The van der Waals surface area contributed by atoms with Crippen LogP contribution in [0, 0.1) is 11.2 Å². The number of halogens is 2. The van der Waals surface area contributed by atoms with Crippen LogP contribution in [0.3, 0.4) is 0 Å². The molecule has 0 saturated heterocycles. The number of benzene rings is 1. The molecule has 1 amide bonds. The molecule has 1 aliphatic heterocycles. The van der Waals surface area contributed by atoms with Crippen molar-refractivity contribution in [1.82, 2.24) is 5.01 Å². The van der Waals surface area contributed by atoms with Crippen molar-refractivity contribution in [3.63, 3.8) is 0 Å². The lowest BCUT2D eigenvalue weighted by atomic mass is 9.93. The summed E-state index contributed by atoms with van der Waals surface area (Å²) in [5, 5.41) is 5.53. The third-order valence-corrected chi connectivity index (χ3v) is 3.85. The average Bonchev–Trinajstić information content (AvgIpc) is 2.86. The van der Waals surface area contributed by atoms with Crippen LogP contribution in [-0.2, 0) is 4.79 Å². The Labute approximate surface area is 117 Å². The Hall–Kier alpha value is -1.42. The van der Waals surface area contributed by atoms with Crippen LogP contribution in [0.15, 0.2) is 29.4 Å². The van der Waals surface area contributed by atoms with Gasteiger partial charge >= 0.3 is 0 Å². The van der Waals surface area contributed by atoms with E-state index in [4.69, 9.17) is 11.6 Å². The smallest absolute Gasteiger partial charge is 0.250 e. The summed E-state index contributed by atoms with van der Waals surface area (Å²) in [5.74, 6) is -0.243.